The van der Waals surface area contributed by atoms with E-state index in [-0.39, 0.29) is 18.4 Å². The van der Waals surface area contributed by atoms with Gasteiger partial charge in [0.2, 0.25) is 5.91 Å². The van der Waals surface area contributed by atoms with E-state index in [4.69, 9.17) is 0 Å². The summed E-state index contributed by atoms with van der Waals surface area (Å²) in [6.07, 6.45) is 0.701. The van der Waals surface area contributed by atoms with Gasteiger partial charge in [-0.2, -0.15) is 0 Å². The van der Waals surface area contributed by atoms with E-state index in [9.17, 15) is 9.90 Å². The number of carbonyl (C=O) groups excluding carboxylic acids is 1. The number of rotatable bonds is 6. The molecular weight excluding hydrogens is 314 g/mol. The molecule has 0 fully saturated rings. The van der Waals surface area contributed by atoms with E-state index < -0.39 is 5.60 Å². The third-order valence-electron chi connectivity index (χ3n) is 4.38. The summed E-state index contributed by atoms with van der Waals surface area (Å²) in [4.78, 5) is 20.3. The van der Waals surface area contributed by atoms with Crippen molar-refractivity contribution in [1.29, 1.82) is 0 Å². The van der Waals surface area contributed by atoms with Gasteiger partial charge in [0.15, 0.2) is 0 Å². The van der Waals surface area contributed by atoms with Crippen molar-refractivity contribution in [2.45, 2.75) is 38.3 Å². The maximum atomic E-state index is 12.5. The maximum Gasteiger partial charge on any atom is 0.223 e. The fourth-order valence-electron chi connectivity index (χ4n) is 2.96. The fraction of sp³-hybridized carbons (Fsp3) is 0.300. The number of amides is 1. The highest BCUT2D eigenvalue weighted by atomic mass is 16.3. The van der Waals surface area contributed by atoms with E-state index in [1.165, 1.54) is 0 Å². The summed E-state index contributed by atoms with van der Waals surface area (Å²) < 4.78 is 0. The molecule has 0 aliphatic carbocycles. The van der Waals surface area contributed by atoms with Crippen LogP contribution in [0.5, 0.6) is 0 Å². The number of benzene rings is 2. The maximum absolute atomic E-state index is 12.5. The Hall–Kier alpha value is -2.66. The molecule has 0 spiro atoms. The van der Waals surface area contributed by atoms with Crippen LogP contribution in [0.15, 0.2) is 54.6 Å². The van der Waals surface area contributed by atoms with Gasteiger partial charge in [0.25, 0.3) is 0 Å². The van der Waals surface area contributed by atoms with Crippen molar-refractivity contribution in [1.82, 2.24) is 15.3 Å². The lowest BCUT2D eigenvalue weighted by atomic mass is 9.92. The summed E-state index contributed by atoms with van der Waals surface area (Å²) in [5.41, 5.74) is 1.34. The number of fused-ring (bicyclic) bond motifs is 1. The minimum absolute atomic E-state index is 0.00621. The number of para-hydroxylation sites is 2. The SMILES string of the molecule is CC[C@H](NC(=O)C[C@](C)(O)c1ccccc1)c1nc2ccccc2[nH]1. The van der Waals surface area contributed by atoms with Crippen LogP contribution in [0, 0.1) is 0 Å². The number of imidazole rings is 1. The Balaban J connectivity index is 1.72. The first-order chi connectivity index (χ1) is 12.0. The second-order valence-corrected chi connectivity index (χ2v) is 6.48. The molecule has 1 heterocycles. The Morgan fingerprint density at radius 1 is 1.20 bits per heavy atom. The molecule has 0 unspecified atom stereocenters. The largest absolute Gasteiger partial charge is 0.385 e. The first-order valence-corrected chi connectivity index (χ1v) is 8.51. The van der Waals surface area contributed by atoms with E-state index in [1.807, 2.05) is 61.5 Å². The number of H-pyrrole nitrogens is 1. The molecule has 5 heteroatoms. The second-order valence-electron chi connectivity index (χ2n) is 6.48. The smallest absolute Gasteiger partial charge is 0.223 e. The van der Waals surface area contributed by atoms with E-state index in [0.29, 0.717) is 6.42 Å². The number of carbonyl (C=O) groups is 1. The molecule has 3 N–H and O–H groups in total. The molecule has 0 aliphatic rings. The lowest BCUT2D eigenvalue weighted by molar-refractivity contribution is -0.126. The Morgan fingerprint density at radius 2 is 1.88 bits per heavy atom. The van der Waals surface area contributed by atoms with Gasteiger partial charge in [-0.25, -0.2) is 4.98 Å². The van der Waals surface area contributed by atoms with Crippen molar-refractivity contribution in [2.75, 3.05) is 0 Å². The molecule has 5 nitrogen and oxygen atoms in total. The Morgan fingerprint density at radius 3 is 2.56 bits per heavy atom. The zero-order valence-corrected chi connectivity index (χ0v) is 14.5. The number of hydrogen-bond acceptors (Lipinski definition) is 3. The van der Waals surface area contributed by atoms with E-state index in [2.05, 4.69) is 15.3 Å². The molecule has 2 atom stereocenters. The number of aromatic nitrogens is 2. The lowest BCUT2D eigenvalue weighted by Gasteiger charge is -2.24. The van der Waals surface area contributed by atoms with Gasteiger partial charge >= 0.3 is 0 Å². The molecule has 3 aromatic rings. The molecule has 0 bridgehead atoms. The summed E-state index contributed by atoms with van der Waals surface area (Å²) in [7, 11) is 0. The molecule has 1 aromatic heterocycles. The van der Waals surface area contributed by atoms with Gasteiger partial charge in [0.1, 0.15) is 5.82 Å². The van der Waals surface area contributed by atoms with Gasteiger partial charge in [0.05, 0.1) is 29.1 Å². The first kappa shape index (κ1) is 17.2. The summed E-state index contributed by atoms with van der Waals surface area (Å²) in [5.74, 6) is 0.526. The quantitative estimate of drug-likeness (QED) is 0.645. The highest BCUT2D eigenvalue weighted by Crippen LogP contribution is 2.25. The number of nitrogens with one attached hydrogen (secondary N) is 2. The summed E-state index contributed by atoms with van der Waals surface area (Å²) in [5, 5.41) is 13.6. The van der Waals surface area contributed by atoms with Gasteiger partial charge in [-0.3, -0.25) is 4.79 Å². The van der Waals surface area contributed by atoms with Crippen LogP contribution in [0.4, 0.5) is 0 Å². The molecule has 0 saturated heterocycles. The van der Waals surface area contributed by atoms with Gasteiger partial charge in [-0.15, -0.1) is 0 Å². The minimum Gasteiger partial charge on any atom is -0.385 e. The number of hydrogen-bond donors (Lipinski definition) is 3. The molecule has 0 aliphatic heterocycles. The van der Waals surface area contributed by atoms with Crippen LogP contribution in [0.3, 0.4) is 0 Å². The van der Waals surface area contributed by atoms with Gasteiger partial charge < -0.3 is 15.4 Å². The topological polar surface area (TPSA) is 78.0 Å². The van der Waals surface area contributed by atoms with Crippen molar-refractivity contribution < 1.29 is 9.90 Å². The summed E-state index contributed by atoms with van der Waals surface area (Å²) >= 11 is 0. The predicted octanol–water partition coefficient (Wildman–Crippen LogP) is 3.43. The number of aliphatic hydroxyl groups is 1. The van der Waals surface area contributed by atoms with Crippen molar-refractivity contribution in [3.63, 3.8) is 0 Å². The van der Waals surface area contributed by atoms with Crippen molar-refractivity contribution in [3.05, 3.63) is 66.0 Å². The van der Waals surface area contributed by atoms with Crippen molar-refractivity contribution in [3.8, 4) is 0 Å². The molecule has 0 radical (unpaired) electrons. The summed E-state index contributed by atoms with van der Waals surface area (Å²) in [6.45, 7) is 3.65. The van der Waals surface area contributed by atoms with E-state index in [0.717, 1.165) is 22.4 Å². The first-order valence-electron chi connectivity index (χ1n) is 8.51. The van der Waals surface area contributed by atoms with Crippen molar-refractivity contribution >= 4 is 16.9 Å². The third-order valence-corrected chi connectivity index (χ3v) is 4.38. The van der Waals surface area contributed by atoms with Crippen LogP contribution in [-0.2, 0) is 10.4 Å². The Bertz CT molecular complexity index is 823. The Kier molecular flexibility index (Phi) is 4.86. The average molecular weight is 337 g/mol. The normalized spacial score (nSPS) is 14.8. The van der Waals surface area contributed by atoms with Crippen LogP contribution < -0.4 is 5.32 Å². The van der Waals surface area contributed by atoms with E-state index >= 15 is 0 Å². The lowest BCUT2D eigenvalue weighted by Crippen LogP contribution is -2.35. The standard InChI is InChI=1S/C20H23N3O2/c1-3-15(19-22-16-11-7-8-12-17(16)23-19)21-18(24)13-20(2,25)14-9-5-4-6-10-14/h4-12,15,25H,3,13H2,1-2H3,(H,21,24)(H,22,23)/t15-,20-/m0/s1. The van der Waals surface area contributed by atoms with Crippen LogP contribution in [-0.4, -0.2) is 21.0 Å². The molecule has 2 aromatic carbocycles. The van der Waals surface area contributed by atoms with Crippen LogP contribution in [0.2, 0.25) is 0 Å². The molecule has 25 heavy (non-hydrogen) atoms. The second kappa shape index (κ2) is 7.07. The van der Waals surface area contributed by atoms with Crippen LogP contribution in [0.25, 0.3) is 11.0 Å². The zero-order chi connectivity index (χ0) is 17.9. The van der Waals surface area contributed by atoms with Gasteiger partial charge in [-0.05, 0) is 31.0 Å². The highest BCUT2D eigenvalue weighted by Gasteiger charge is 2.28. The third kappa shape index (κ3) is 3.88. The molecule has 1 amide bonds. The Labute approximate surface area is 147 Å². The van der Waals surface area contributed by atoms with Crippen LogP contribution >= 0.6 is 0 Å². The zero-order valence-electron chi connectivity index (χ0n) is 14.5. The van der Waals surface area contributed by atoms with Crippen molar-refractivity contribution in [2.24, 2.45) is 0 Å². The fourth-order valence-corrected chi connectivity index (χ4v) is 2.96. The average Bonchev–Trinajstić information content (AvgIpc) is 3.04. The minimum atomic E-state index is -1.21. The molecule has 130 valence electrons. The van der Waals surface area contributed by atoms with Gasteiger partial charge in [-0.1, -0.05) is 49.4 Å². The number of aromatic amines is 1. The summed E-state index contributed by atoms with van der Waals surface area (Å²) in [6, 6.07) is 16.8. The monoisotopic (exact) mass is 337 g/mol. The number of nitrogens with zero attached hydrogens (tertiary/aromatic N) is 1. The van der Waals surface area contributed by atoms with Gasteiger partial charge in [0, 0.05) is 0 Å². The molecule has 3 rings (SSSR count). The molecule has 0 saturated carbocycles. The molecular formula is C20H23N3O2. The van der Waals surface area contributed by atoms with Crippen LogP contribution in [0.1, 0.15) is 44.1 Å². The highest BCUT2D eigenvalue weighted by molar-refractivity contribution is 5.78. The van der Waals surface area contributed by atoms with E-state index in [1.54, 1.807) is 6.92 Å². The predicted molar refractivity (Wildman–Crippen MR) is 97.9 cm³/mol.